The third-order valence-corrected chi connectivity index (χ3v) is 6.28. The first-order chi connectivity index (χ1) is 16.3. The Morgan fingerprint density at radius 3 is 2.94 bits per heavy atom. The van der Waals surface area contributed by atoms with Crippen molar-refractivity contribution < 1.29 is 18.7 Å². The van der Waals surface area contributed by atoms with Gasteiger partial charge < -0.3 is 20.7 Å². The lowest BCUT2D eigenvalue weighted by Crippen LogP contribution is -2.40. The van der Waals surface area contributed by atoms with Crippen LogP contribution >= 0.6 is 11.6 Å². The lowest BCUT2D eigenvalue weighted by Gasteiger charge is -2.29. The van der Waals surface area contributed by atoms with Gasteiger partial charge >= 0.3 is 0 Å². The zero-order valence-corrected chi connectivity index (χ0v) is 19.4. The number of aromatic nitrogens is 1. The van der Waals surface area contributed by atoms with E-state index in [0.29, 0.717) is 47.0 Å². The van der Waals surface area contributed by atoms with E-state index < -0.39 is 5.82 Å². The van der Waals surface area contributed by atoms with Crippen molar-refractivity contribution in [3.8, 4) is 22.9 Å². The number of amides is 2. The van der Waals surface area contributed by atoms with Gasteiger partial charge in [0.1, 0.15) is 24.7 Å². The van der Waals surface area contributed by atoms with Gasteiger partial charge in [0.05, 0.1) is 22.8 Å². The largest absolute Gasteiger partial charge is 0.489 e. The van der Waals surface area contributed by atoms with Gasteiger partial charge in [-0.3, -0.25) is 9.59 Å². The van der Waals surface area contributed by atoms with Crippen LogP contribution in [0.15, 0.2) is 24.4 Å². The molecule has 178 valence electrons. The van der Waals surface area contributed by atoms with Crippen molar-refractivity contribution in [2.75, 3.05) is 17.2 Å². The number of carbonyl (C=O) groups excluding carboxylic acids is 2. The van der Waals surface area contributed by atoms with E-state index in [1.807, 2.05) is 13.0 Å². The van der Waals surface area contributed by atoms with E-state index in [0.717, 1.165) is 12.8 Å². The van der Waals surface area contributed by atoms with Gasteiger partial charge in [-0.05, 0) is 38.3 Å². The number of anilines is 2. The summed E-state index contributed by atoms with van der Waals surface area (Å²) in [6.07, 6.45) is 3.93. The Bertz CT molecular complexity index is 1150. The van der Waals surface area contributed by atoms with Crippen LogP contribution in [0.2, 0.25) is 5.02 Å². The molecular formula is C24H25ClFN5O3. The van der Waals surface area contributed by atoms with Crippen molar-refractivity contribution >= 4 is 34.9 Å². The first kappa shape index (κ1) is 23.8. The molecule has 2 amide bonds. The number of nitriles is 1. The highest BCUT2D eigenvalue weighted by atomic mass is 35.5. The van der Waals surface area contributed by atoms with Crippen LogP contribution in [0.3, 0.4) is 0 Å². The Labute approximate surface area is 201 Å². The average Bonchev–Trinajstić information content (AvgIpc) is 2.79. The van der Waals surface area contributed by atoms with Crippen molar-refractivity contribution in [1.82, 2.24) is 10.3 Å². The number of nitrogens with one attached hydrogen (secondary N) is 3. The van der Waals surface area contributed by atoms with E-state index >= 15 is 0 Å². The van der Waals surface area contributed by atoms with E-state index in [2.05, 4.69) is 20.9 Å². The third kappa shape index (κ3) is 5.39. The van der Waals surface area contributed by atoms with Crippen LogP contribution in [-0.4, -0.2) is 35.5 Å². The number of nitrogens with zero attached hydrogens (tertiary/aromatic N) is 2. The molecule has 1 aromatic carbocycles. The van der Waals surface area contributed by atoms with Crippen LogP contribution in [0.4, 0.5) is 15.9 Å². The normalized spacial score (nSPS) is 21.3. The topological polar surface area (TPSA) is 116 Å². The summed E-state index contributed by atoms with van der Waals surface area (Å²) in [5.74, 6) is -0.513. The Morgan fingerprint density at radius 2 is 2.15 bits per heavy atom. The van der Waals surface area contributed by atoms with Gasteiger partial charge in [-0.2, -0.15) is 5.26 Å². The number of halogens is 2. The van der Waals surface area contributed by atoms with Crippen LogP contribution in [0.5, 0.6) is 5.75 Å². The summed E-state index contributed by atoms with van der Waals surface area (Å²) in [6.45, 7) is 2.36. The van der Waals surface area contributed by atoms with Crippen molar-refractivity contribution in [1.29, 1.82) is 5.26 Å². The summed E-state index contributed by atoms with van der Waals surface area (Å²) in [6, 6.07) is 6.04. The number of pyridine rings is 1. The average molecular weight is 486 g/mol. The van der Waals surface area contributed by atoms with Gasteiger partial charge in [-0.1, -0.05) is 18.0 Å². The number of carbonyl (C=O) groups is 2. The van der Waals surface area contributed by atoms with Crippen LogP contribution in [-0.2, 0) is 9.59 Å². The summed E-state index contributed by atoms with van der Waals surface area (Å²) in [5.41, 5.74) is 1.50. The monoisotopic (exact) mass is 485 g/mol. The number of ether oxygens (including phenoxy) is 1. The Hall–Kier alpha value is -3.38. The van der Waals surface area contributed by atoms with Crippen molar-refractivity contribution in [2.45, 2.75) is 51.1 Å². The number of hydrogen-bond acceptors (Lipinski definition) is 6. The first-order valence-corrected chi connectivity index (χ1v) is 11.6. The molecule has 0 saturated heterocycles. The molecule has 1 aliphatic carbocycles. The summed E-state index contributed by atoms with van der Waals surface area (Å²) >= 11 is 6.40. The molecule has 2 aliphatic rings. The van der Waals surface area contributed by atoms with Gasteiger partial charge in [-0.15, -0.1) is 0 Å². The van der Waals surface area contributed by atoms with Gasteiger partial charge in [0.25, 0.3) is 0 Å². The predicted molar refractivity (Wildman–Crippen MR) is 126 cm³/mol. The zero-order chi connectivity index (χ0) is 24.2. The molecule has 10 heteroatoms. The Morgan fingerprint density at radius 1 is 1.32 bits per heavy atom. The molecule has 4 rings (SSSR count). The fourth-order valence-corrected chi connectivity index (χ4v) is 4.63. The molecule has 2 heterocycles. The van der Waals surface area contributed by atoms with Gasteiger partial charge in [0.15, 0.2) is 5.75 Å². The van der Waals surface area contributed by atoms with E-state index in [-0.39, 0.29) is 42.1 Å². The molecule has 1 unspecified atom stereocenters. The highest BCUT2D eigenvalue weighted by molar-refractivity contribution is 6.33. The van der Waals surface area contributed by atoms with Crippen LogP contribution < -0.4 is 20.7 Å². The van der Waals surface area contributed by atoms with E-state index in [1.54, 1.807) is 6.07 Å². The smallest absolute Gasteiger partial charge is 0.234 e. The summed E-state index contributed by atoms with van der Waals surface area (Å²) in [4.78, 5) is 28.9. The number of benzene rings is 1. The molecule has 34 heavy (non-hydrogen) atoms. The lowest BCUT2D eigenvalue weighted by molar-refractivity contribution is -0.124. The van der Waals surface area contributed by atoms with Crippen LogP contribution in [0, 0.1) is 23.1 Å². The summed E-state index contributed by atoms with van der Waals surface area (Å²) in [7, 11) is 0. The van der Waals surface area contributed by atoms with Crippen molar-refractivity contribution in [3.63, 3.8) is 0 Å². The predicted octanol–water partition coefficient (Wildman–Crippen LogP) is 4.26. The zero-order valence-electron chi connectivity index (χ0n) is 18.7. The standard InChI is InChI=1S/C24H25ClFN5O3/c1-13-12-34-23-18(8-15(26)9-20(23)29-13)17-10-21(28-11-19(17)25)31-24(33)14-3-2-4-16(7-14)30-22(32)5-6-27/h8-11,13-14,16,29H,2-5,7,12H2,1H3,(H,30,32)(H,28,31,33)/t13?,14-,16+/m0/s1. The summed E-state index contributed by atoms with van der Waals surface area (Å²) < 4.78 is 20.2. The lowest BCUT2D eigenvalue weighted by atomic mass is 9.85. The quantitative estimate of drug-likeness (QED) is 0.582. The Kier molecular flexibility index (Phi) is 7.17. The Balaban J connectivity index is 1.52. The van der Waals surface area contributed by atoms with E-state index in [9.17, 15) is 14.0 Å². The molecule has 1 saturated carbocycles. The molecule has 2 aromatic rings. The minimum atomic E-state index is -0.441. The third-order valence-electron chi connectivity index (χ3n) is 5.98. The highest BCUT2D eigenvalue weighted by Gasteiger charge is 2.29. The minimum Gasteiger partial charge on any atom is -0.489 e. The summed E-state index contributed by atoms with van der Waals surface area (Å²) in [5, 5.41) is 17.8. The molecule has 3 atom stereocenters. The first-order valence-electron chi connectivity index (χ1n) is 11.2. The second-order valence-electron chi connectivity index (χ2n) is 8.69. The molecule has 8 nitrogen and oxygen atoms in total. The van der Waals surface area contributed by atoms with Gasteiger partial charge in [0, 0.05) is 35.3 Å². The molecule has 1 fully saturated rings. The maximum absolute atomic E-state index is 14.4. The van der Waals surface area contributed by atoms with Crippen LogP contribution in [0.25, 0.3) is 11.1 Å². The second-order valence-corrected chi connectivity index (χ2v) is 9.10. The molecule has 0 bridgehead atoms. The maximum Gasteiger partial charge on any atom is 0.234 e. The highest BCUT2D eigenvalue weighted by Crippen LogP contribution is 2.43. The fraction of sp³-hybridized carbons (Fsp3) is 0.417. The maximum atomic E-state index is 14.4. The number of rotatable bonds is 5. The van der Waals surface area contributed by atoms with E-state index in [1.165, 1.54) is 18.3 Å². The molecule has 1 aromatic heterocycles. The number of fused-ring (bicyclic) bond motifs is 1. The van der Waals surface area contributed by atoms with Crippen LogP contribution in [0.1, 0.15) is 39.0 Å². The molecule has 0 spiro atoms. The molecule has 0 radical (unpaired) electrons. The van der Waals surface area contributed by atoms with Crippen molar-refractivity contribution in [3.05, 3.63) is 35.2 Å². The number of hydrogen-bond donors (Lipinski definition) is 3. The molecule has 3 N–H and O–H groups in total. The van der Waals surface area contributed by atoms with E-state index in [4.69, 9.17) is 21.6 Å². The minimum absolute atomic E-state index is 0.0360. The fourth-order valence-electron chi connectivity index (χ4n) is 4.42. The second kappa shape index (κ2) is 10.3. The van der Waals surface area contributed by atoms with Crippen molar-refractivity contribution in [2.24, 2.45) is 5.92 Å². The van der Waals surface area contributed by atoms with Gasteiger partial charge in [-0.25, -0.2) is 9.37 Å². The molecule has 1 aliphatic heterocycles. The molecular weight excluding hydrogens is 461 g/mol. The van der Waals surface area contributed by atoms with Gasteiger partial charge in [0.2, 0.25) is 11.8 Å². The SMILES string of the molecule is CC1COc2c(cc(F)cc2-c2cc(NC(=O)[C@H]3CCC[C@@H](NC(=O)CC#N)C3)ncc2Cl)N1.